The summed E-state index contributed by atoms with van der Waals surface area (Å²) in [6, 6.07) is 0.875. The summed E-state index contributed by atoms with van der Waals surface area (Å²) >= 11 is 0. The van der Waals surface area contributed by atoms with E-state index in [9.17, 15) is 4.79 Å². The zero-order valence-electron chi connectivity index (χ0n) is 7.55. The highest BCUT2D eigenvalue weighted by Crippen LogP contribution is 2.33. The molecule has 0 radical (unpaired) electrons. The molecule has 0 aromatic heterocycles. The predicted molar refractivity (Wildman–Crippen MR) is 47.7 cm³/mol. The van der Waals surface area contributed by atoms with Crippen LogP contribution in [0.5, 0.6) is 0 Å². The zero-order chi connectivity index (χ0) is 8.72. The van der Waals surface area contributed by atoms with Crippen molar-refractivity contribution in [3.8, 4) is 0 Å². The quantitative estimate of drug-likeness (QED) is 0.500. The molecule has 2 heterocycles. The summed E-state index contributed by atoms with van der Waals surface area (Å²) in [6.07, 6.45) is 3.84. The van der Waals surface area contributed by atoms with Gasteiger partial charge in [-0.3, -0.25) is 4.79 Å². The Morgan fingerprint density at radius 1 is 1.50 bits per heavy atom. The Morgan fingerprint density at radius 3 is 3.00 bits per heavy atom. The molecule has 66 valence electrons. The van der Waals surface area contributed by atoms with E-state index < -0.39 is 0 Å². The Morgan fingerprint density at radius 2 is 2.25 bits per heavy atom. The molecule has 0 saturated carbocycles. The van der Waals surface area contributed by atoms with Gasteiger partial charge in [0.1, 0.15) is 0 Å². The van der Waals surface area contributed by atoms with Crippen LogP contribution in [-0.2, 0) is 4.79 Å². The lowest BCUT2D eigenvalue weighted by Crippen LogP contribution is -2.43. The van der Waals surface area contributed by atoms with Crippen LogP contribution in [0.4, 0.5) is 0 Å². The molecule has 2 saturated heterocycles. The van der Waals surface area contributed by atoms with E-state index in [0.717, 1.165) is 25.7 Å². The van der Waals surface area contributed by atoms with Gasteiger partial charge in [-0.15, -0.1) is 0 Å². The molecule has 2 aliphatic rings. The van der Waals surface area contributed by atoms with Gasteiger partial charge < -0.3 is 4.90 Å². The van der Waals surface area contributed by atoms with Crippen molar-refractivity contribution >= 4 is 5.91 Å². The second-order valence-corrected chi connectivity index (χ2v) is 4.00. The van der Waals surface area contributed by atoms with Crippen LogP contribution in [0.2, 0.25) is 0 Å². The first-order valence-corrected chi connectivity index (χ1v) is 4.66. The molecule has 0 bridgehead atoms. The normalized spacial score (nSPS) is 35.6. The van der Waals surface area contributed by atoms with Crippen LogP contribution in [0.25, 0.3) is 0 Å². The standard InChI is InChI=1S/C10H15NO/c1-7-5-8(2)11-9(6-7)3-4-10(11)12/h8-9H,1,3-6H2,2H3/t8-,9+/m1/s1. The molecule has 2 aliphatic heterocycles. The number of amides is 1. The van der Waals surface area contributed by atoms with Crippen molar-refractivity contribution in [2.75, 3.05) is 0 Å². The van der Waals surface area contributed by atoms with Crippen molar-refractivity contribution in [1.82, 2.24) is 4.90 Å². The monoisotopic (exact) mass is 165 g/mol. The Bertz CT molecular complexity index is 234. The Hall–Kier alpha value is -0.790. The summed E-state index contributed by atoms with van der Waals surface area (Å²) in [6.45, 7) is 6.14. The molecule has 0 spiro atoms. The zero-order valence-corrected chi connectivity index (χ0v) is 7.55. The molecule has 0 aliphatic carbocycles. The number of hydrogen-bond acceptors (Lipinski definition) is 1. The van der Waals surface area contributed by atoms with Gasteiger partial charge in [0.15, 0.2) is 0 Å². The third kappa shape index (κ3) is 1.06. The number of carbonyl (C=O) groups excluding carboxylic acids is 1. The minimum Gasteiger partial charge on any atom is -0.336 e. The summed E-state index contributed by atoms with van der Waals surface area (Å²) in [4.78, 5) is 13.5. The van der Waals surface area contributed by atoms with Crippen LogP contribution in [0, 0.1) is 0 Å². The maximum absolute atomic E-state index is 11.4. The average Bonchev–Trinajstić information content (AvgIpc) is 2.31. The number of nitrogens with zero attached hydrogens (tertiary/aromatic N) is 1. The van der Waals surface area contributed by atoms with Gasteiger partial charge in [0, 0.05) is 18.5 Å². The highest BCUT2D eigenvalue weighted by atomic mass is 16.2. The van der Waals surface area contributed by atoms with Gasteiger partial charge in [-0.05, 0) is 26.2 Å². The third-order valence-corrected chi connectivity index (χ3v) is 2.96. The Kier molecular flexibility index (Phi) is 1.71. The van der Waals surface area contributed by atoms with Crippen LogP contribution < -0.4 is 0 Å². The highest BCUT2D eigenvalue weighted by Gasteiger charge is 2.37. The van der Waals surface area contributed by atoms with Gasteiger partial charge in [-0.25, -0.2) is 0 Å². The number of rotatable bonds is 0. The molecule has 0 N–H and O–H groups in total. The van der Waals surface area contributed by atoms with E-state index in [-0.39, 0.29) is 0 Å². The van der Waals surface area contributed by atoms with Gasteiger partial charge in [0.2, 0.25) is 5.91 Å². The molecule has 2 fully saturated rings. The fourth-order valence-corrected chi connectivity index (χ4v) is 2.50. The van der Waals surface area contributed by atoms with E-state index in [0.29, 0.717) is 18.0 Å². The van der Waals surface area contributed by atoms with Crippen LogP contribution >= 0.6 is 0 Å². The van der Waals surface area contributed by atoms with E-state index in [1.165, 1.54) is 5.57 Å². The van der Waals surface area contributed by atoms with Crippen LogP contribution in [0.3, 0.4) is 0 Å². The first-order chi connectivity index (χ1) is 5.68. The molecular weight excluding hydrogens is 150 g/mol. The van der Waals surface area contributed by atoms with Crippen molar-refractivity contribution in [2.45, 2.75) is 44.7 Å². The van der Waals surface area contributed by atoms with Gasteiger partial charge >= 0.3 is 0 Å². The summed E-state index contributed by atoms with van der Waals surface area (Å²) in [5, 5.41) is 0. The minimum absolute atomic E-state index is 0.347. The largest absolute Gasteiger partial charge is 0.336 e. The molecule has 1 amide bonds. The second-order valence-electron chi connectivity index (χ2n) is 4.00. The maximum Gasteiger partial charge on any atom is 0.223 e. The minimum atomic E-state index is 0.347. The number of fused-ring (bicyclic) bond motifs is 1. The predicted octanol–water partition coefficient (Wildman–Crippen LogP) is 1.72. The lowest BCUT2D eigenvalue weighted by Gasteiger charge is -2.36. The summed E-state index contributed by atoms with van der Waals surface area (Å²) in [5.41, 5.74) is 1.32. The van der Waals surface area contributed by atoms with Crippen molar-refractivity contribution in [1.29, 1.82) is 0 Å². The topological polar surface area (TPSA) is 20.3 Å². The summed E-state index contributed by atoms with van der Waals surface area (Å²) < 4.78 is 0. The number of piperidine rings is 1. The van der Waals surface area contributed by atoms with E-state index in [1.54, 1.807) is 0 Å². The van der Waals surface area contributed by atoms with Gasteiger partial charge in [-0.2, -0.15) is 0 Å². The van der Waals surface area contributed by atoms with Crippen molar-refractivity contribution in [3.05, 3.63) is 12.2 Å². The molecule has 2 rings (SSSR count). The Labute approximate surface area is 73.2 Å². The molecule has 12 heavy (non-hydrogen) atoms. The SMILES string of the molecule is C=C1C[C@@H]2CCC(=O)N2[C@H](C)C1. The van der Waals surface area contributed by atoms with E-state index in [4.69, 9.17) is 0 Å². The van der Waals surface area contributed by atoms with Crippen molar-refractivity contribution in [2.24, 2.45) is 0 Å². The molecule has 2 heteroatoms. The third-order valence-electron chi connectivity index (χ3n) is 2.96. The molecule has 0 unspecified atom stereocenters. The first kappa shape index (κ1) is 7.84. The van der Waals surface area contributed by atoms with Crippen LogP contribution in [0.1, 0.15) is 32.6 Å². The molecule has 0 aromatic carbocycles. The first-order valence-electron chi connectivity index (χ1n) is 4.66. The fraction of sp³-hybridized carbons (Fsp3) is 0.700. The molecule has 2 atom stereocenters. The van der Waals surface area contributed by atoms with E-state index >= 15 is 0 Å². The van der Waals surface area contributed by atoms with Crippen LogP contribution in [-0.4, -0.2) is 22.9 Å². The lowest BCUT2D eigenvalue weighted by molar-refractivity contribution is -0.131. The lowest BCUT2D eigenvalue weighted by atomic mass is 9.94. The Balaban J connectivity index is 2.19. The van der Waals surface area contributed by atoms with E-state index in [1.807, 2.05) is 0 Å². The number of carbonyl (C=O) groups is 1. The van der Waals surface area contributed by atoms with Crippen molar-refractivity contribution < 1.29 is 4.79 Å². The molecule has 2 nitrogen and oxygen atoms in total. The molecule has 0 aromatic rings. The average molecular weight is 165 g/mol. The summed E-state index contributed by atoms with van der Waals surface area (Å²) in [5.74, 6) is 0.347. The van der Waals surface area contributed by atoms with Gasteiger partial charge in [0.05, 0.1) is 0 Å². The highest BCUT2D eigenvalue weighted by molar-refractivity contribution is 5.79. The smallest absolute Gasteiger partial charge is 0.223 e. The summed E-state index contributed by atoms with van der Waals surface area (Å²) in [7, 11) is 0. The van der Waals surface area contributed by atoms with Gasteiger partial charge in [-0.1, -0.05) is 12.2 Å². The maximum atomic E-state index is 11.4. The number of hydrogen-bond donors (Lipinski definition) is 0. The van der Waals surface area contributed by atoms with E-state index in [2.05, 4.69) is 18.4 Å². The molecular formula is C10H15NO. The fourth-order valence-electron chi connectivity index (χ4n) is 2.50. The van der Waals surface area contributed by atoms with Gasteiger partial charge in [0.25, 0.3) is 0 Å². The van der Waals surface area contributed by atoms with Crippen LogP contribution in [0.15, 0.2) is 12.2 Å². The second kappa shape index (κ2) is 2.61. The van der Waals surface area contributed by atoms with Crippen molar-refractivity contribution in [3.63, 3.8) is 0 Å².